The third-order valence-corrected chi connectivity index (χ3v) is 2.74. The Hall–Kier alpha value is -0.610. The van der Waals surface area contributed by atoms with Crippen molar-refractivity contribution in [1.29, 1.82) is 0 Å². The third-order valence-electron chi connectivity index (χ3n) is 1.15. The van der Waals surface area contributed by atoms with Crippen molar-refractivity contribution in [2.75, 3.05) is 12.4 Å². The van der Waals surface area contributed by atoms with Crippen LogP contribution in [-0.4, -0.2) is 42.5 Å². The number of carbonyl (C=O) groups is 1. The van der Waals surface area contributed by atoms with Gasteiger partial charge in [0.05, 0.1) is 11.9 Å². The maximum Gasteiger partial charge on any atom is 0.408 e. The van der Waals surface area contributed by atoms with E-state index in [1.165, 1.54) is 6.92 Å². The van der Waals surface area contributed by atoms with Crippen molar-refractivity contribution in [3.05, 3.63) is 12.2 Å². The first-order chi connectivity index (χ1) is 7.22. The number of esters is 1. The van der Waals surface area contributed by atoms with Gasteiger partial charge in [-0.3, -0.25) is 4.55 Å². The van der Waals surface area contributed by atoms with Crippen molar-refractivity contribution < 1.29 is 31.2 Å². The van der Waals surface area contributed by atoms with Crippen LogP contribution < -0.4 is 0 Å². The van der Waals surface area contributed by atoms with Crippen LogP contribution in [-0.2, 0) is 23.6 Å². The highest BCUT2D eigenvalue weighted by Crippen LogP contribution is 2.09. The van der Waals surface area contributed by atoms with E-state index in [9.17, 15) is 18.3 Å². The van der Waals surface area contributed by atoms with Crippen LogP contribution in [0.4, 0.5) is 0 Å². The molecule has 0 saturated carbocycles. The molecule has 2 N–H and O–H groups in total. The van der Waals surface area contributed by atoms with Gasteiger partial charge < -0.3 is 9.84 Å². The Bertz CT molecular complexity index is 348. The van der Waals surface area contributed by atoms with E-state index in [1.807, 2.05) is 0 Å². The summed E-state index contributed by atoms with van der Waals surface area (Å²) in [6.07, 6.45) is -1.10. The number of hydrogen-bond donors (Lipinski definition) is 2. The molecule has 0 heterocycles. The molecular formula is C7H12O7S2. The lowest BCUT2D eigenvalue weighted by molar-refractivity contribution is -0.141. The minimum Gasteiger partial charge on any atom is -0.460 e. The van der Waals surface area contributed by atoms with Gasteiger partial charge in [0.2, 0.25) is 0 Å². The first kappa shape index (κ1) is 15.4. The Kier molecular flexibility index (Phi) is 6.60. The van der Waals surface area contributed by atoms with Crippen molar-refractivity contribution in [2.24, 2.45) is 0 Å². The molecule has 7 nitrogen and oxygen atoms in total. The molecule has 0 aromatic rings. The van der Waals surface area contributed by atoms with Crippen LogP contribution in [0.2, 0.25) is 0 Å². The second kappa shape index (κ2) is 6.86. The number of aliphatic hydroxyl groups excluding tert-OH is 1. The minimum absolute atomic E-state index is 0.177. The van der Waals surface area contributed by atoms with Crippen LogP contribution in [0.15, 0.2) is 12.2 Å². The Morgan fingerprint density at radius 1 is 1.56 bits per heavy atom. The molecule has 0 fully saturated rings. The summed E-state index contributed by atoms with van der Waals surface area (Å²) in [7, 11) is -4.53. The van der Waals surface area contributed by atoms with E-state index in [4.69, 9.17) is 4.55 Å². The van der Waals surface area contributed by atoms with Crippen LogP contribution in [0.25, 0.3) is 0 Å². The predicted octanol–water partition coefficient (Wildman–Crippen LogP) is -0.0658. The highest BCUT2D eigenvalue weighted by atomic mass is 32.3. The van der Waals surface area contributed by atoms with Gasteiger partial charge in [-0.05, 0) is 6.92 Å². The molecule has 16 heavy (non-hydrogen) atoms. The Morgan fingerprint density at radius 3 is 2.56 bits per heavy atom. The zero-order valence-electron chi connectivity index (χ0n) is 8.45. The molecule has 0 radical (unpaired) electrons. The fraction of sp³-hybridized carbons (Fsp3) is 0.571. The van der Waals surface area contributed by atoms with Gasteiger partial charge in [0.15, 0.2) is 0 Å². The SMILES string of the molecule is C=C(C)C(=O)OCC(O)CSOS(=O)(=O)O. The summed E-state index contributed by atoms with van der Waals surface area (Å²) < 4.78 is 36.8. The smallest absolute Gasteiger partial charge is 0.408 e. The largest absolute Gasteiger partial charge is 0.460 e. The lowest BCUT2D eigenvalue weighted by Gasteiger charge is -2.09. The normalized spacial score (nSPS) is 13.2. The standard InChI is InChI=1S/C7H12O7S2/c1-5(2)7(9)13-3-6(8)4-15-14-16(10,11)12/h6,8H,1,3-4H2,2H3,(H,10,11,12). The van der Waals surface area contributed by atoms with E-state index >= 15 is 0 Å². The van der Waals surface area contributed by atoms with E-state index in [0.29, 0.717) is 12.0 Å². The monoisotopic (exact) mass is 272 g/mol. The zero-order chi connectivity index (χ0) is 12.8. The number of carbonyl (C=O) groups excluding carboxylic acids is 1. The third kappa shape index (κ3) is 8.68. The summed E-state index contributed by atoms with van der Waals surface area (Å²) in [6.45, 7) is 4.47. The average Bonchev–Trinajstić information content (AvgIpc) is 2.11. The highest BCUT2D eigenvalue weighted by molar-refractivity contribution is 8.02. The Morgan fingerprint density at radius 2 is 2.12 bits per heavy atom. The van der Waals surface area contributed by atoms with Gasteiger partial charge in [-0.2, -0.15) is 12.0 Å². The molecule has 0 saturated heterocycles. The molecule has 0 aromatic carbocycles. The fourth-order valence-electron chi connectivity index (χ4n) is 0.510. The molecule has 94 valence electrons. The lowest BCUT2D eigenvalue weighted by atomic mass is 10.3. The van der Waals surface area contributed by atoms with Crippen LogP contribution in [0.3, 0.4) is 0 Å². The zero-order valence-corrected chi connectivity index (χ0v) is 10.1. The van der Waals surface area contributed by atoms with Gasteiger partial charge in [0.1, 0.15) is 6.61 Å². The highest BCUT2D eigenvalue weighted by Gasteiger charge is 2.12. The van der Waals surface area contributed by atoms with Crippen LogP contribution in [0, 0.1) is 0 Å². The second-order valence-electron chi connectivity index (χ2n) is 2.81. The predicted molar refractivity (Wildman–Crippen MR) is 56.9 cm³/mol. The van der Waals surface area contributed by atoms with Gasteiger partial charge in [0.25, 0.3) is 0 Å². The molecular weight excluding hydrogens is 260 g/mol. The van der Waals surface area contributed by atoms with Crippen molar-refractivity contribution in [1.82, 2.24) is 0 Å². The van der Waals surface area contributed by atoms with Crippen LogP contribution >= 0.6 is 12.0 Å². The van der Waals surface area contributed by atoms with E-state index < -0.39 is 22.5 Å². The number of aliphatic hydroxyl groups is 1. The molecule has 1 atom stereocenters. The number of ether oxygens (including phenoxy) is 1. The van der Waals surface area contributed by atoms with Crippen molar-refractivity contribution in [3.63, 3.8) is 0 Å². The summed E-state index contributed by atoms with van der Waals surface area (Å²) in [5.74, 6) is -0.830. The average molecular weight is 272 g/mol. The van der Waals surface area contributed by atoms with Gasteiger partial charge in [-0.25, -0.2) is 4.79 Å². The van der Waals surface area contributed by atoms with E-state index in [2.05, 4.69) is 14.9 Å². The summed E-state index contributed by atoms with van der Waals surface area (Å²) >= 11 is 0.327. The van der Waals surface area contributed by atoms with Gasteiger partial charge in [0, 0.05) is 17.6 Å². The summed E-state index contributed by atoms with van der Waals surface area (Å²) in [5, 5.41) is 9.19. The molecule has 0 aromatic heterocycles. The number of hydrogen-bond acceptors (Lipinski definition) is 7. The molecule has 0 rings (SSSR count). The molecule has 0 amide bonds. The lowest BCUT2D eigenvalue weighted by Crippen LogP contribution is -2.21. The Balaban J connectivity index is 3.72. The van der Waals surface area contributed by atoms with E-state index in [1.54, 1.807) is 0 Å². The summed E-state index contributed by atoms with van der Waals surface area (Å²) in [4.78, 5) is 10.9. The topological polar surface area (TPSA) is 110 Å². The summed E-state index contributed by atoms with van der Waals surface area (Å²) in [5.41, 5.74) is 0.189. The molecule has 0 spiro atoms. The first-order valence-electron chi connectivity index (χ1n) is 4.01. The van der Waals surface area contributed by atoms with E-state index in [-0.39, 0.29) is 17.9 Å². The van der Waals surface area contributed by atoms with Gasteiger partial charge >= 0.3 is 16.4 Å². The molecule has 1 unspecified atom stereocenters. The van der Waals surface area contributed by atoms with Crippen LogP contribution in [0.5, 0.6) is 0 Å². The molecule has 9 heteroatoms. The molecule has 0 bridgehead atoms. The molecule has 0 aliphatic heterocycles. The summed E-state index contributed by atoms with van der Waals surface area (Å²) in [6, 6.07) is 0. The van der Waals surface area contributed by atoms with Crippen molar-refractivity contribution in [3.8, 4) is 0 Å². The number of rotatable bonds is 7. The Labute approximate surface area is 97.6 Å². The maximum atomic E-state index is 10.9. The minimum atomic E-state index is -4.53. The van der Waals surface area contributed by atoms with Crippen molar-refractivity contribution in [2.45, 2.75) is 13.0 Å². The fourth-order valence-corrected chi connectivity index (χ4v) is 1.47. The van der Waals surface area contributed by atoms with Gasteiger partial charge in [-0.15, -0.1) is 0 Å². The molecule has 0 aliphatic carbocycles. The van der Waals surface area contributed by atoms with E-state index in [0.717, 1.165) is 0 Å². The molecule has 0 aliphatic rings. The quantitative estimate of drug-likeness (QED) is 0.287. The maximum absolute atomic E-state index is 10.9. The van der Waals surface area contributed by atoms with Gasteiger partial charge in [-0.1, -0.05) is 6.58 Å². The second-order valence-corrected chi connectivity index (χ2v) is 4.78. The van der Waals surface area contributed by atoms with Crippen LogP contribution in [0.1, 0.15) is 6.92 Å². The van der Waals surface area contributed by atoms with Crippen molar-refractivity contribution >= 4 is 28.4 Å². The first-order valence-corrected chi connectivity index (χ1v) is 6.29.